The number of piperidine rings is 1. The standard InChI is InChI=1S/C19H23N3O6/c1-12(17(23)20-15-3-2-4-16(11-15)22(26)27)28-19(25)14-7-9-21(10-8-14)18(24)13-5-6-13/h2-4,11-14H,5-10H2,1H3,(H,20,23). The summed E-state index contributed by atoms with van der Waals surface area (Å²) in [5.41, 5.74) is 0.115. The molecule has 2 amide bonds. The second kappa shape index (κ2) is 8.37. The van der Waals surface area contributed by atoms with Gasteiger partial charge in [-0.25, -0.2) is 0 Å². The van der Waals surface area contributed by atoms with E-state index in [1.807, 2.05) is 0 Å². The monoisotopic (exact) mass is 389 g/mol. The molecule has 1 aliphatic carbocycles. The second-order valence-electron chi connectivity index (χ2n) is 7.25. The molecule has 9 heteroatoms. The van der Waals surface area contributed by atoms with Gasteiger partial charge in [-0.1, -0.05) is 6.07 Å². The van der Waals surface area contributed by atoms with E-state index in [-0.39, 0.29) is 29.1 Å². The molecule has 1 aromatic rings. The number of ether oxygens (including phenoxy) is 1. The number of nitro groups is 1. The van der Waals surface area contributed by atoms with Crippen molar-refractivity contribution in [2.24, 2.45) is 11.8 Å². The van der Waals surface area contributed by atoms with Crippen molar-refractivity contribution < 1.29 is 24.0 Å². The molecule has 28 heavy (non-hydrogen) atoms. The van der Waals surface area contributed by atoms with Crippen molar-refractivity contribution in [1.29, 1.82) is 0 Å². The first-order valence-electron chi connectivity index (χ1n) is 9.39. The fourth-order valence-corrected chi connectivity index (χ4v) is 3.19. The van der Waals surface area contributed by atoms with Gasteiger partial charge in [-0.15, -0.1) is 0 Å². The lowest BCUT2D eigenvalue weighted by Crippen LogP contribution is -2.42. The van der Waals surface area contributed by atoms with Crippen LogP contribution in [-0.4, -0.2) is 46.8 Å². The Hall–Kier alpha value is -2.97. The quantitative estimate of drug-likeness (QED) is 0.452. The molecule has 0 radical (unpaired) electrons. The lowest BCUT2D eigenvalue weighted by Gasteiger charge is -2.31. The van der Waals surface area contributed by atoms with Crippen LogP contribution in [-0.2, 0) is 19.1 Å². The Kier molecular flexibility index (Phi) is 5.91. The highest BCUT2D eigenvalue weighted by Gasteiger charge is 2.36. The zero-order valence-electron chi connectivity index (χ0n) is 15.6. The molecule has 1 unspecified atom stereocenters. The summed E-state index contributed by atoms with van der Waals surface area (Å²) in [5, 5.41) is 13.3. The van der Waals surface area contributed by atoms with E-state index < -0.39 is 22.9 Å². The summed E-state index contributed by atoms with van der Waals surface area (Å²) in [7, 11) is 0. The molecule has 0 aromatic heterocycles. The van der Waals surface area contributed by atoms with Gasteiger partial charge in [0.1, 0.15) is 0 Å². The van der Waals surface area contributed by atoms with Crippen LogP contribution in [0, 0.1) is 22.0 Å². The number of nitro benzene ring substituents is 1. The van der Waals surface area contributed by atoms with Gasteiger partial charge in [0.15, 0.2) is 6.10 Å². The van der Waals surface area contributed by atoms with Gasteiger partial charge < -0.3 is 15.0 Å². The van der Waals surface area contributed by atoms with Gasteiger partial charge in [0.2, 0.25) is 5.91 Å². The molecule has 1 saturated heterocycles. The Morgan fingerprint density at radius 2 is 1.86 bits per heavy atom. The summed E-state index contributed by atoms with van der Waals surface area (Å²) < 4.78 is 5.27. The van der Waals surface area contributed by atoms with Gasteiger partial charge in [0.05, 0.1) is 10.8 Å². The fraction of sp³-hybridized carbons (Fsp3) is 0.526. The maximum Gasteiger partial charge on any atom is 0.309 e. The molecule has 0 bridgehead atoms. The van der Waals surface area contributed by atoms with Crippen LogP contribution >= 0.6 is 0 Å². The molecule has 3 rings (SSSR count). The molecule has 1 heterocycles. The van der Waals surface area contributed by atoms with E-state index in [9.17, 15) is 24.5 Å². The molecule has 150 valence electrons. The normalized spacial score (nSPS) is 18.2. The summed E-state index contributed by atoms with van der Waals surface area (Å²) in [6, 6.07) is 5.53. The maximum absolute atomic E-state index is 12.3. The van der Waals surface area contributed by atoms with Gasteiger partial charge in [-0.3, -0.25) is 24.5 Å². The average molecular weight is 389 g/mol. The summed E-state index contributed by atoms with van der Waals surface area (Å²) in [5.74, 6) is -1.01. The van der Waals surface area contributed by atoms with Crippen LogP contribution in [0.2, 0.25) is 0 Å². The van der Waals surface area contributed by atoms with Crippen molar-refractivity contribution in [2.75, 3.05) is 18.4 Å². The highest BCUT2D eigenvalue weighted by Crippen LogP contribution is 2.32. The number of hydrogen-bond donors (Lipinski definition) is 1. The Balaban J connectivity index is 1.47. The van der Waals surface area contributed by atoms with E-state index in [1.54, 1.807) is 4.90 Å². The van der Waals surface area contributed by atoms with Crippen molar-refractivity contribution in [2.45, 2.75) is 38.7 Å². The zero-order chi connectivity index (χ0) is 20.3. The van der Waals surface area contributed by atoms with Crippen molar-refractivity contribution in [3.8, 4) is 0 Å². The SMILES string of the molecule is CC(OC(=O)C1CCN(C(=O)C2CC2)CC1)C(=O)Nc1cccc([N+](=O)[O-])c1. The van der Waals surface area contributed by atoms with Crippen molar-refractivity contribution in [3.05, 3.63) is 34.4 Å². The van der Waals surface area contributed by atoms with Crippen LogP contribution in [0.3, 0.4) is 0 Å². The van der Waals surface area contributed by atoms with E-state index >= 15 is 0 Å². The number of nitrogens with one attached hydrogen (secondary N) is 1. The molecule has 1 aliphatic heterocycles. The maximum atomic E-state index is 12.3. The molecule has 1 aromatic carbocycles. The van der Waals surface area contributed by atoms with Crippen LogP contribution < -0.4 is 5.32 Å². The first kappa shape index (κ1) is 19.8. The van der Waals surface area contributed by atoms with E-state index in [4.69, 9.17) is 4.74 Å². The van der Waals surface area contributed by atoms with Gasteiger partial charge >= 0.3 is 5.97 Å². The molecule has 1 atom stereocenters. The number of esters is 1. The van der Waals surface area contributed by atoms with E-state index in [2.05, 4.69) is 5.32 Å². The predicted octanol–water partition coefficient (Wildman–Crippen LogP) is 2.11. The number of amides is 2. The highest BCUT2D eigenvalue weighted by molar-refractivity contribution is 5.95. The van der Waals surface area contributed by atoms with Gasteiger partial charge in [0.25, 0.3) is 11.6 Å². The Labute approximate surface area is 162 Å². The number of nitrogens with zero attached hydrogens (tertiary/aromatic N) is 2. The number of rotatable bonds is 6. The van der Waals surface area contributed by atoms with Crippen molar-refractivity contribution >= 4 is 29.2 Å². The average Bonchev–Trinajstić information content (AvgIpc) is 3.53. The molecular weight excluding hydrogens is 366 g/mol. The third kappa shape index (κ3) is 4.85. The number of carbonyl (C=O) groups is 3. The number of non-ortho nitro benzene ring substituents is 1. The summed E-state index contributed by atoms with van der Waals surface area (Å²) in [4.78, 5) is 48.7. The number of anilines is 1. The van der Waals surface area contributed by atoms with E-state index in [1.165, 1.54) is 31.2 Å². The predicted molar refractivity (Wildman–Crippen MR) is 99.3 cm³/mol. The minimum absolute atomic E-state index is 0.144. The second-order valence-corrected chi connectivity index (χ2v) is 7.25. The Morgan fingerprint density at radius 1 is 1.18 bits per heavy atom. The van der Waals surface area contributed by atoms with Crippen LogP contribution in [0.25, 0.3) is 0 Å². The third-order valence-electron chi connectivity index (χ3n) is 5.05. The number of benzene rings is 1. The lowest BCUT2D eigenvalue weighted by atomic mass is 9.96. The largest absolute Gasteiger partial charge is 0.452 e. The van der Waals surface area contributed by atoms with Crippen LogP contribution in [0.5, 0.6) is 0 Å². The van der Waals surface area contributed by atoms with Crippen molar-refractivity contribution in [1.82, 2.24) is 4.90 Å². The molecule has 0 spiro atoms. The van der Waals surface area contributed by atoms with Gasteiger partial charge in [-0.05, 0) is 38.7 Å². The first-order chi connectivity index (χ1) is 13.3. The van der Waals surface area contributed by atoms with Crippen LogP contribution in [0.15, 0.2) is 24.3 Å². The molecule has 1 saturated carbocycles. The number of likely N-dealkylation sites (tertiary alicyclic amines) is 1. The first-order valence-corrected chi connectivity index (χ1v) is 9.39. The summed E-state index contributed by atoms with van der Waals surface area (Å²) in [6.45, 7) is 2.52. The van der Waals surface area contributed by atoms with E-state index in [0.29, 0.717) is 25.9 Å². The van der Waals surface area contributed by atoms with E-state index in [0.717, 1.165) is 12.8 Å². The van der Waals surface area contributed by atoms with Crippen LogP contribution in [0.1, 0.15) is 32.6 Å². The topological polar surface area (TPSA) is 119 Å². The summed E-state index contributed by atoms with van der Waals surface area (Å²) >= 11 is 0. The van der Waals surface area contributed by atoms with Gasteiger partial charge in [-0.2, -0.15) is 0 Å². The minimum Gasteiger partial charge on any atom is -0.452 e. The number of carbonyl (C=O) groups excluding carboxylic acids is 3. The summed E-state index contributed by atoms with van der Waals surface area (Å²) in [6.07, 6.45) is 1.93. The minimum atomic E-state index is -1.03. The molecule has 1 N–H and O–H groups in total. The fourth-order valence-electron chi connectivity index (χ4n) is 3.19. The smallest absolute Gasteiger partial charge is 0.309 e. The van der Waals surface area contributed by atoms with Crippen molar-refractivity contribution in [3.63, 3.8) is 0 Å². The number of hydrogen-bond acceptors (Lipinski definition) is 6. The van der Waals surface area contributed by atoms with Gasteiger partial charge in [0, 0.05) is 36.8 Å². The van der Waals surface area contributed by atoms with Crippen LogP contribution in [0.4, 0.5) is 11.4 Å². The Morgan fingerprint density at radius 3 is 2.46 bits per heavy atom. The molecule has 2 fully saturated rings. The highest BCUT2D eigenvalue weighted by atomic mass is 16.6. The third-order valence-corrected chi connectivity index (χ3v) is 5.05. The lowest BCUT2D eigenvalue weighted by molar-refractivity contribution is -0.384. The molecule has 2 aliphatic rings. The molecule has 9 nitrogen and oxygen atoms in total. The zero-order valence-corrected chi connectivity index (χ0v) is 15.6. The molecular formula is C19H23N3O6. The Bertz CT molecular complexity index is 784.